The van der Waals surface area contributed by atoms with Crippen molar-refractivity contribution >= 4 is 9.84 Å². The average molecular weight is 265 g/mol. The number of aliphatic hydroxyl groups excluding tert-OH is 1. The van der Waals surface area contributed by atoms with Crippen LogP contribution in [0.4, 0.5) is 0 Å². The molecule has 5 nitrogen and oxygen atoms in total. The molecule has 1 saturated heterocycles. The molecule has 2 atom stereocenters. The third-order valence-corrected chi connectivity index (χ3v) is 4.55. The molecule has 0 aliphatic carbocycles. The number of ether oxygens (including phenoxy) is 1. The quantitative estimate of drug-likeness (QED) is 0.601. The van der Waals surface area contributed by atoms with E-state index < -0.39 is 15.9 Å². The van der Waals surface area contributed by atoms with Crippen molar-refractivity contribution in [3.63, 3.8) is 0 Å². The van der Waals surface area contributed by atoms with Gasteiger partial charge in [0.2, 0.25) is 0 Å². The highest BCUT2D eigenvalue weighted by molar-refractivity contribution is 7.91. The van der Waals surface area contributed by atoms with E-state index in [9.17, 15) is 13.5 Å². The Morgan fingerprint density at radius 2 is 2.00 bits per heavy atom. The van der Waals surface area contributed by atoms with Gasteiger partial charge in [0, 0.05) is 19.3 Å². The predicted octanol–water partition coefficient (Wildman–Crippen LogP) is -0.0593. The maximum Gasteiger partial charge on any atom is 0.154 e. The largest absolute Gasteiger partial charge is 0.390 e. The van der Waals surface area contributed by atoms with E-state index in [0.29, 0.717) is 13.2 Å². The minimum absolute atomic E-state index is 0.0465. The summed E-state index contributed by atoms with van der Waals surface area (Å²) < 4.78 is 27.9. The van der Waals surface area contributed by atoms with Gasteiger partial charge in [-0.3, -0.25) is 0 Å². The van der Waals surface area contributed by atoms with Crippen LogP contribution in [-0.4, -0.2) is 56.9 Å². The fourth-order valence-electron chi connectivity index (χ4n) is 1.83. The van der Waals surface area contributed by atoms with Crippen LogP contribution in [0.1, 0.15) is 26.2 Å². The lowest BCUT2D eigenvalue weighted by atomic mass is 10.2. The summed E-state index contributed by atoms with van der Waals surface area (Å²) in [5, 5.41) is 12.6. The molecule has 0 saturated carbocycles. The van der Waals surface area contributed by atoms with Gasteiger partial charge >= 0.3 is 0 Å². The summed E-state index contributed by atoms with van der Waals surface area (Å²) in [7, 11) is -3.04. The topological polar surface area (TPSA) is 75.6 Å². The van der Waals surface area contributed by atoms with E-state index in [-0.39, 0.29) is 17.5 Å². The molecule has 6 heteroatoms. The van der Waals surface area contributed by atoms with Crippen LogP contribution in [0.15, 0.2) is 0 Å². The summed E-state index contributed by atoms with van der Waals surface area (Å²) >= 11 is 0. The third-order valence-electron chi connectivity index (χ3n) is 2.84. The van der Waals surface area contributed by atoms with Crippen LogP contribution in [0.5, 0.6) is 0 Å². The minimum Gasteiger partial charge on any atom is -0.390 e. The monoisotopic (exact) mass is 265 g/mol. The molecule has 1 heterocycles. The van der Waals surface area contributed by atoms with Crippen molar-refractivity contribution in [2.45, 2.75) is 38.3 Å². The Balaban J connectivity index is 2.04. The fourth-order valence-corrected chi connectivity index (χ4v) is 3.61. The molecule has 0 aromatic carbocycles. The van der Waals surface area contributed by atoms with Crippen molar-refractivity contribution in [2.24, 2.45) is 0 Å². The molecule has 17 heavy (non-hydrogen) atoms. The zero-order valence-electron chi connectivity index (χ0n) is 10.4. The lowest BCUT2D eigenvalue weighted by Gasteiger charge is -2.14. The lowest BCUT2D eigenvalue weighted by molar-refractivity contribution is 0.124. The molecular formula is C11H23NO4S. The zero-order valence-corrected chi connectivity index (χ0v) is 11.2. The van der Waals surface area contributed by atoms with Crippen molar-refractivity contribution in [3.8, 4) is 0 Å². The Morgan fingerprint density at radius 1 is 1.29 bits per heavy atom. The summed E-state index contributed by atoms with van der Waals surface area (Å²) in [6.07, 6.45) is 2.28. The molecule has 0 bridgehead atoms. The first kappa shape index (κ1) is 14.9. The number of unbranched alkanes of at least 4 members (excludes halogenated alkanes) is 1. The Bertz CT molecular complexity index is 305. The molecule has 0 aromatic rings. The second kappa shape index (κ2) is 7.31. The van der Waals surface area contributed by atoms with Crippen molar-refractivity contribution in [1.29, 1.82) is 0 Å². The first-order valence-electron chi connectivity index (χ1n) is 6.25. The number of nitrogens with one attached hydrogen (secondary N) is 1. The van der Waals surface area contributed by atoms with Gasteiger partial charge in [0.15, 0.2) is 9.84 Å². The second-order valence-electron chi connectivity index (χ2n) is 4.52. The molecule has 0 amide bonds. The predicted molar refractivity (Wildman–Crippen MR) is 66.8 cm³/mol. The maximum absolute atomic E-state index is 11.2. The van der Waals surface area contributed by atoms with Crippen molar-refractivity contribution in [2.75, 3.05) is 31.3 Å². The van der Waals surface area contributed by atoms with Crippen LogP contribution >= 0.6 is 0 Å². The lowest BCUT2D eigenvalue weighted by Crippen LogP contribution is -2.39. The number of rotatable bonds is 8. The van der Waals surface area contributed by atoms with Gasteiger partial charge in [-0.25, -0.2) is 8.42 Å². The molecule has 1 rings (SSSR count). The van der Waals surface area contributed by atoms with E-state index in [2.05, 4.69) is 12.2 Å². The first-order chi connectivity index (χ1) is 8.05. The summed E-state index contributed by atoms with van der Waals surface area (Å²) in [5.74, 6) is -0.0669. The smallest absolute Gasteiger partial charge is 0.154 e. The fraction of sp³-hybridized carbons (Fsp3) is 1.00. The zero-order chi connectivity index (χ0) is 12.7. The van der Waals surface area contributed by atoms with Gasteiger partial charge < -0.3 is 15.2 Å². The molecule has 1 fully saturated rings. The van der Waals surface area contributed by atoms with E-state index in [1.165, 1.54) is 0 Å². The molecule has 0 radical (unpaired) electrons. The van der Waals surface area contributed by atoms with Crippen molar-refractivity contribution < 1.29 is 18.3 Å². The molecule has 102 valence electrons. The van der Waals surface area contributed by atoms with Gasteiger partial charge in [-0.2, -0.15) is 0 Å². The van der Waals surface area contributed by atoms with Gasteiger partial charge in [0.25, 0.3) is 0 Å². The van der Waals surface area contributed by atoms with Crippen molar-refractivity contribution in [3.05, 3.63) is 0 Å². The van der Waals surface area contributed by atoms with Crippen LogP contribution in [-0.2, 0) is 14.6 Å². The number of hydrogen-bond acceptors (Lipinski definition) is 5. The standard InChI is InChI=1S/C11H23NO4S/c1-2-3-6-16-7-4-5-12-10-8-17(14,15)9-11(10)13/h10-13H,2-9H2,1H3. The normalized spacial score (nSPS) is 27.4. The highest BCUT2D eigenvalue weighted by Crippen LogP contribution is 2.12. The van der Waals surface area contributed by atoms with Crippen molar-refractivity contribution in [1.82, 2.24) is 5.32 Å². The average Bonchev–Trinajstić information content (AvgIpc) is 2.51. The Kier molecular flexibility index (Phi) is 6.40. The van der Waals surface area contributed by atoms with Gasteiger partial charge in [-0.1, -0.05) is 13.3 Å². The first-order valence-corrected chi connectivity index (χ1v) is 8.07. The Hall–Kier alpha value is -0.170. The van der Waals surface area contributed by atoms with Gasteiger partial charge in [0.1, 0.15) is 0 Å². The molecule has 2 N–H and O–H groups in total. The van der Waals surface area contributed by atoms with Gasteiger partial charge in [-0.05, 0) is 19.4 Å². The summed E-state index contributed by atoms with van der Waals surface area (Å²) in [6, 6.07) is -0.310. The van der Waals surface area contributed by atoms with Crippen LogP contribution in [0.25, 0.3) is 0 Å². The number of hydrogen-bond donors (Lipinski definition) is 2. The maximum atomic E-state index is 11.2. The highest BCUT2D eigenvalue weighted by Gasteiger charge is 2.35. The number of aliphatic hydroxyl groups is 1. The summed E-state index contributed by atoms with van der Waals surface area (Å²) in [4.78, 5) is 0. The molecule has 0 aromatic heterocycles. The Labute approximate surface area is 103 Å². The van der Waals surface area contributed by atoms with E-state index >= 15 is 0 Å². The second-order valence-corrected chi connectivity index (χ2v) is 6.68. The van der Waals surface area contributed by atoms with Crippen LogP contribution in [0, 0.1) is 0 Å². The molecule has 1 aliphatic rings. The van der Waals surface area contributed by atoms with E-state index in [1.807, 2.05) is 0 Å². The van der Waals surface area contributed by atoms with E-state index in [4.69, 9.17) is 4.74 Å². The van der Waals surface area contributed by atoms with Crippen LogP contribution in [0.2, 0.25) is 0 Å². The molecule has 1 aliphatic heterocycles. The molecule has 2 unspecified atom stereocenters. The van der Waals surface area contributed by atoms with Crippen LogP contribution < -0.4 is 5.32 Å². The minimum atomic E-state index is -3.04. The Morgan fingerprint density at radius 3 is 2.59 bits per heavy atom. The summed E-state index contributed by atoms with van der Waals surface area (Å²) in [5.41, 5.74) is 0. The molecular weight excluding hydrogens is 242 g/mol. The SMILES string of the molecule is CCCCOCCCNC1CS(=O)(=O)CC1O. The van der Waals surface area contributed by atoms with Gasteiger partial charge in [0.05, 0.1) is 17.6 Å². The van der Waals surface area contributed by atoms with Gasteiger partial charge in [-0.15, -0.1) is 0 Å². The van der Waals surface area contributed by atoms with Crippen LogP contribution in [0.3, 0.4) is 0 Å². The summed E-state index contributed by atoms with van der Waals surface area (Å²) in [6.45, 7) is 4.27. The highest BCUT2D eigenvalue weighted by atomic mass is 32.2. The number of sulfone groups is 1. The third kappa shape index (κ3) is 5.81. The van der Waals surface area contributed by atoms with E-state index in [1.54, 1.807) is 0 Å². The molecule has 0 spiro atoms. The van der Waals surface area contributed by atoms with E-state index in [0.717, 1.165) is 25.9 Å².